The van der Waals surface area contributed by atoms with Crippen LogP contribution in [0.1, 0.15) is 34.8 Å². The number of ketones is 1. The molecule has 2 aromatic rings. The van der Waals surface area contributed by atoms with E-state index < -0.39 is 10.0 Å². The zero-order chi connectivity index (χ0) is 17.9. The molecule has 0 atom stereocenters. The lowest BCUT2D eigenvalue weighted by Crippen LogP contribution is -2.24. The predicted octanol–water partition coefficient (Wildman–Crippen LogP) is 1.07. The van der Waals surface area contributed by atoms with Gasteiger partial charge >= 0.3 is 0 Å². The minimum absolute atomic E-state index is 0.0103. The third kappa shape index (κ3) is 5.35. The maximum atomic E-state index is 12.3. The summed E-state index contributed by atoms with van der Waals surface area (Å²) < 4.78 is 26.3. The largest absolute Gasteiger partial charge is 0.293 e. The van der Waals surface area contributed by atoms with E-state index in [-0.39, 0.29) is 11.5 Å². The zero-order valence-electron chi connectivity index (χ0n) is 13.8. The van der Waals surface area contributed by atoms with Crippen molar-refractivity contribution in [3.8, 4) is 0 Å². The fourth-order valence-corrected chi connectivity index (χ4v) is 3.59. The lowest BCUT2D eigenvalue weighted by atomic mass is 10.1. The van der Waals surface area contributed by atoms with Gasteiger partial charge in [-0.1, -0.05) is 36.0 Å². The monoisotopic (exact) mass is 381 g/mol. The number of benzene rings is 1. The highest BCUT2D eigenvalue weighted by Gasteiger charge is 2.28. The first-order valence-electron chi connectivity index (χ1n) is 7.90. The van der Waals surface area contributed by atoms with Crippen molar-refractivity contribution in [2.45, 2.75) is 30.5 Å². The van der Waals surface area contributed by atoms with Gasteiger partial charge in [0.05, 0.1) is 18.1 Å². The maximum Gasteiger partial charge on any atom is 0.210 e. The molecule has 8 nitrogen and oxygen atoms in total. The fraction of sp³-hybridized carbons (Fsp3) is 0.467. The number of nitrogens with zero attached hydrogens (tertiary/aromatic N) is 4. The van der Waals surface area contributed by atoms with Crippen LogP contribution < -0.4 is 4.72 Å². The summed E-state index contributed by atoms with van der Waals surface area (Å²) >= 11 is 1.35. The van der Waals surface area contributed by atoms with Crippen LogP contribution in [-0.4, -0.2) is 53.0 Å². The normalized spacial score (nSPS) is 14.6. The van der Waals surface area contributed by atoms with Crippen molar-refractivity contribution in [1.82, 2.24) is 24.9 Å². The Morgan fingerprint density at radius 3 is 2.68 bits per heavy atom. The Hall–Kier alpha value is -1.78. The van der Waals surface area contributed by atoms with Crippen molar-refractivity contribution in [1.29, 1.82) is 0 Å². The number of rotatable bonds is 9. The molecule has 1 fully saturated rings. The molecule has 0 aliphatic heterocycles. The highest BCUT2D eigenvalue weighted by Crippen LogP contribution is 2.36. The van der Waals surface area contributed by atoms with Crippen molar-refractivity contribution >= 4 is 27.6 Å². The SMILES string of the molecule is CS(=O)(=O)NCCc1ccc(C(=O)CSc2nnnn2C2CC2)cc1. The van der Waals surface area contributed by atoms with E-state index in [1.165, 1.54) is 11.8 Å². The molecule has 1 saturated carbocycles. The molecule has 1 aromatic carbocycles. The summed E-state index contributed by atoms with van der Waals surface area (Å²) in [4.78, 5) is 12.3. The third-order valence-corrected chi connectivity index (χ3v) is 5.40. The number of tetrazole rings is 1. The van der Waals surface area contributed by atoms with Gasteiger partial charge in [-0.2, -0.15) is 0 Å². The number of Topliss-reactive ketones (excluding diaryl/α,β-unsaturated/α-hetero) is 1. The molecule has 0 radical (unpaired) electrons. The molecule has 1 heterocycles. The van der Waals surface area contributed by atoms with Crippen LogP contribution in [0, 0.1) is 0 Å². The quantitative estimate of drug-likeness (QED) is 0.511. The van der Waals surface area contributed by atoms with Crippen LogP contribution in [0.15, 0.2) is 29.4 Å². The van der Waals surface area contributed by atoms with Gasteiger partial charge < -0.3 is 0 Å². The summed E-state index contributed by atoms with van der Waals surface area (Å²) in [5.74, 6) is 0.290. The number of thioether (sulfide) groups is 1. The van der Waals surface area contributed by atoms with Crippen molar-refractivity contribution < 1.29 is 13.2 Å². The Balaban J connectivity index is 1.51. The van der Waals surface area contributed by atoms with Crippen LogP contribution in [0.2, 0.25) is 0 Å². The summed E-state index contributed by atoms with van der Waals surface area (Å²) in [6.07, 6.45) is 3.88. The van der Waals surface area contributed by atoms with E-state index in [2.05, 4.69) is 20.2 Å². The number of carbonyl (C=O) groups excluding carboxylic acids is 1. The fourth-order valence-electron chi connectivity index (χ4n) is 2.28. The Labute approximate surface area is 150 Å². The smallest absolute Gasteiger partial charge is 0.210 e. The van der Waals surface area contributed by atoms with Gasteiger partial charge in [-0.15, -0.1) is 5.10 Å². The van der Waals surface area contributed by atoms with Gasteiger partial charge in [0, 0.05) is 12.1 Å². The summed E-state index contributed by atoms with van der Waals surface area (Å²) in [6.45, 7) is 0.339. The molecule has 3 rings (SSSR count). The molecular weight excluding hydrogens is 362 g/mol. The molecular formula is C15H19N5O3S2. The van der Waals surface area contributed by atoms with Gasteiger partial charge in [-0.05, 0) is 35.3 Å². The molecule has 0 spiro atoms. The lowest BCUT2D eigenvalue weighted by Gasteiger charge is -2.05. The highest BCUT2D eigenvalue weighted by atomic mass is 32.2. The molecule has 10 heteroatoms. The van der Waals surface area contributed by atoms with Crippen molar-refractivity contribution in [2.24, 2.45) is 0 Å². The first kappa shape index (κ1) is 18.0. The van der Waals surface area contributed by atoms with Gasteiger partial charge in [0.25, 0.3) is 0 Å². The highest BCUT2D eigenvalue weighted by molar-refractivity contribution is 7.99. The number of carbonyl (C=O) groups is 1. The minimum atomic E-state index is -3.18. The van der Waals surface area contributed by atoms with E-state index in [1.54, 1.807) is 16.8 Å². The standard InChI is InChI=1S/C15H19N5O3S2/c1-25(22,23)16-9-8-11-2-4-12(5-3-11)14(21)10-24-15-17-18-19-20(15)13-6-7-13/h2-5,13,16H,6-10H2,1H3. The molecule has 0 bridgehead atoms. The molecule has 25 heavy (non-hydrogen) atoms. The van der Waals surface area contributed by atoms with Crippen LogP contribution in [0.3, 0.4) is 0 Å². The molecule has 1 aromatic heterocycles. The number of hydrogen-bond donors (Lipinski definition) is 1. The van der Waals surface area contributed by atoms with Gasteiger partial charge in [-0.25, -0.2) is 17.8 Å². The van der Waals surface area contributed by atoms with E-state index >= 15 is 0 Å². The first-order chi connectivity index (χ1) is 11.9. The first-order valence-corrected chi connectivity index (χ1v) is 10.8. The molecule has 1 N–H and O–H groups in total. The van der Waals surface area contributed by atoms with E-state index in [9.17, 15) is 13.2 Å². The number of aromatic nitrogens is 4. The number of nitrogens with one attached hydrogen (secondary N) is 1. The molecule has 1 aliphatic carbocycles. The van der Waals surface area contributed by atoms with Crippen LogP contribution in [-0.2, 0) is 16.4 Å². The van der Waals surface area contributed by atoms with Gasteiger partial charge in [-0.3, -0.25) is 4.79 Å². The molecule has 0 saturated heterocycles. The van der Waals surface area contributed by atoms with E-state index in [1.807, 2.05) is 12.1 Å². The maximum absolute atomic E-state index is 12.3. The second kappa shape index (κ2) is 7.63. The second-order valence-corrected chi connectivity index (χ2v) is 8.74. The van der Waals surface area contributed by atoms with Crippen molar-refractivity contribution in [3.05, 3.63) is 35.4 Å². The van der Waals surface area contributed by atoms with Gasteiger partial charge in [0.1, 0.15) is 0 Å². The Morgan fingerprint density at radius 1 is 1.32 bits per heavy atom. The molecule has 0 amide bonds. The Kier molecular flexibility index (Phi) is 5.50. The molecule has 0 unspecified atom stereocenters. The summed E-state index contributed by atoms with van der Waals surface area (Å²) in [6, 6.07) is 7.60. The lowest BCUT2D eigenvalue weighted by molar-refractivity contribution is 0.102. The van der Waals surface area contributed by atoms with Gasteiger partial charge in [0.15, 0.2) is 5.78 Å². The number of hydrogen-bond acceptors (Lipinski definition) is 7. The van der Waals surface area contributed by atoms with Crippen molar-refractivity contribution in [2.75, 3.05) is 18.6 Å². The summed E-state index contributed by atoms with van der Waals surface area (Å²) in [7, 11) is -3.18. The van der Waals surface area contributed by atoms with Crippen LogP contribution in [0.25, 0.3) is 0 Å². The summed E-state index contributed by atoms with van der Waals surface area (Å²) in [5.41, 5.74) is 1.59. The summed E-state index contributed by atoms with van der Waals surface area (Å²) in [5, 5.41) is 12.3. The van der Waals surface area contributed by atoms with E-state index in [0.29, 0.717) is 29.7 Å². The van der Waals surface area contributed by atoms with Crippen molar-refractivity contribution in [3.63, 3.8) is 0 Å². The topological polar surface area (TPSA) is 107 Å². The average Bonchev–Trinajstić information content (AvgIpc) is 3.30. The Morgan fingerprint density at radius 2 is 2.04 bits per heavy atom. The van der Waals surface area contributed by atoms with Crippen LogP contribution in [0.5, 0.6) is 0 Å². The van der Waals surface area contributed by atoms with E-state index in [4.69, 9.17) is 0 Å². The Bertz CT molecular complexity index is 844. The molecule has 134 valence electrons. The second-order valence-electron chi connectivity index (χ2n) is 5.96. The minimum Gasteiger partial charge on any atom is -0.293 e. The van der Waals surface area contributed by atoms with Crippen LogP contribution in [0.4, 0.5) is 0 Å². The van der Waals surface area contributed by atoms with Gasteiger partial charge in [0.2, 0.25) is 15.2 Å². The third-order valence-electron chi connectivity index (χ3n) is 3.74. The average molecular weight is 381 g/mol. The molecule has 1 aliphatic rings. The zero-order valence-corrected chi connectivity index (χ0v) is 15.4. The predicted molar refractivity (Wildman–Crippen MR) is 94.1 cm³/mol. The van der Waals surface area contributed by atoms with Crippen LogP contribution >= 0.6 is 11.8 Å². The van der Waals surface area contributed by atoms with E-state index in [0.717, 1.165) is 24.7 Å². The number of sulfonamides is 1.